The second-order valence-corrected chi connectivity index (χ2v) is 4.36. The Morgan fingerprint density at radius 2 is 1.27 bits per heavy atom. The van der Waals surface area contributed by atoms with Gasteiger partial charge in [0.1, 0.15) is 0 Å². The van der Waals surface area contributed by atoms with Crippen molar-refractivity contribution in [3.8, 4) is 11.1 Å². The van der Waals surface area contributed by atoms with Crippen LogP contribution in [0.3, 0.4) is 0 Å². The van der Waals surface area contributed by atoms with Crippen molar-refractivity contribution in [2.45, 2.75) is 5.02 Å². The molecule has 0 aromatic heterocycles. The summed E-state index contributed by atoms with van der Waals surface area (Å²) >= 11 is 1.34. The van der Waals surface area contributed by atoms with Gasteiger partial charge in [0, 0.05) is 0 Å². The average Bonchev–Trinajstić information content (AvgIpc) is 2.30. The molecule has 0 aliphatic rings. The third-order valence-corrected chi connectivity index (χ3v) is 3.56. The zero-order valence-corrected chi connectivity index (χ0v) is 12.3. The summed E-state index contributed by atoms with van der Waals surface area (Å²) in [6.45, 7) is 0. The Bertz CT molecular complexity index is 395. The van der Waals surface area contributed by atoms with E-state index in [0.29, 0.717) is 0 Å². The molecule has 73 valence electrons. The van der Waals surface area contributed by atoms with Crippen LogP contribution >= 0.6 is 12.4 Å². The van der Waals surface area contributed by atoms with Crippen LogP contribution in [0.15, 0.2) is 54.6 Å². The van der Waals surface area contributed by atoms with Gasteiger partial charge in [-0.15, -0.1) is 12.4 Å². The van der Waals surface area contributed by atoms with Gasteiger partial charge in [-0.3, -0.25) is 0 Å². The van der Waals surface area contributed by atoms with Gasteiger partial charge in [-0.1, -0.05) is 0 Å². The van der Waals surface area contributed by atoms with Crippen LogP contribution in [0.5, 0.6) is 0 Å². The molecule has 0 saturated heterocycles. The standard InChI is InChI=1S/C13H11.ClH.Zn/c1-11-7-9-13(10-8-11)12-5-3-2-4-6-12;;/h2-10H,1H2;1H;. The Kier molecular flexibility index (Phi) is 5.01. The van der Waals surface area contributed by atoms with Crippen molar-refractivity contribution >= 4 is 12.4 Å². The fourth-order valence-corrected chi connectivity index (χ4v) is 2.19. The molecule has 0 atom stereocenters. The van der Waals surface area contributed by atoms with Gasteiger partial charge in [0.15, 0.2) is 0 Å². The van der Waals surface area contributed by atoms with Crippen LogP contribution in [-0.4, -0.2) is 0 Å². The Morgan fingerprint density at radius 3 is 1.80 bits per heavy atom. The van der Waals surface area contributed by atoms with E-state index in [-0.39, 0.29) is 12.4 Å². The molecule has 2 aromatic carbocycles. The Hall–Kier alpha value is -0.647. The molecular weight excluding hydrogens is 257 g/mol. The molecule has 0 bridgehead atoms. The zero-order chi connectivity index (χ0) is 9.80. The summed E-state index contributed by atoms with van der Waals surface area (Å²) in [5.74, 6) is 0. The molecule has 0 fully saturated rings. The molecule has 0 spiro atoms. The van der Waals surface area contributed by atoms with E-state index < -0.39 is 0 Å². The van der Waals surface area contributed by atoms with E-state index in [0.717, 1.165) is 0 Å². The second kappa shape index (κ2) is 6.05. The summed E-state index contributed by atoms with van der Waals surface area (Å²) in [4.78, 5) is 0. The number of rotatable bonds is 2. The van der Waals surface area contributed by atoms with E-state index in [4.69, 9.17) is 0 Å². The van der Waals surface area contributed by atoms with Crippen LogP contribution in [0.4, 0.5) is 0 Å². The minimum absolute atomic E-state index is 0. The second-order valence-electron chi connectivity index (χ2n) is 3.31. The summed E-state index contributed by atoms with van der Waals surface area (Å²) in [7, 11) is 0. The van der Waals surface area contributed by atoms with Crippen LogP contribution in [0.2, 0.25) is 0 Å². The Balaban J connectivity index is 0.00000112. The summed E-state index contributed by atoms with van der Waals surface area (Å²) in [6.07, 6.45) is 0. The molecule has 0 amide bonds. The SMILES string of the molecule is Cl.[Zn][CH2]c1ccc(-c2ccccc2)cc1. The molecule has 2 aromatic rings. The normalized spacial score (nSPS) is 9.47. The molecule has 2 heteroatoms. The van der Waals surface area contributed by atoms with Crippen molar-refractivity contribution in [3.63, 3.8) is 0 Å². The average molecular weight is 269 g/mol. The van der Waals surface area contributed by atoms with E-state index in [2.05, 4.69) is 54.6 Å². The fourth-order valence-electron chi connectivity index (χ4n) is 1.49. The van der Waals surface area contributed by atoms with Gasteiger partial charge in [0.2, 0.25) is 0 Å². The summed E-state index contributed by atoms with van der Waals surface area (Å²) in [5.41, 5.74) is 4.05. The molecule has 0 unspecified atom stereocenters. The van der Waals surface area contributed by atoms with Crippen molar-refractivity contribution in [2.24, 2.45) is 0 Å². The molecule has 2 rings (SSSR count). The van der Waals surface area contributed by atoms with Crippen LogP contribution in [-0.2, 0) is 23.3 Å². The first-order chi connectivity index (χ1) is 6.90. The third-order valence-electron chi connectivity index (χ3n) is 2.35. The maximum absolute atomic E-state index is 2.23. The number of hydrogen-bond donors (Lipinski definition) is 0. The first kappa shape index (κ1) is 12.4. The van der Waals surface area contributed by atoms with Crippen molar-refractivity contribution in [1.29, 1.82) is 0 Å². The van der Waals surface area contributed by atoms with Gasteiger partial charge in [0.25, 0.3) is 0 Å². The van der Waals surface area contributed by atoms with Gasteiger partial charge in [0.05, 0.1) is 0 Å². The molecule has 15 heavy (non-hydrogen) atoms. The summed E-state index contributed by atoms with van der Waals surface area (Å²) < 4.78 is 0. The van der Waals surface area contributed by atoms with Crippen LogP contribution in [0.1, 0.15) is 5.56 Å². The van der Waals surface area contributed by atoms with Crippen LogP contribution in [0, 0.1) is 0 Å². The molecule has 0 nitrogen and oxygen atoms in total. The number of hydrogen-bond acceptors (Lipinski definition) is 0. The first-order valence-electron chi connectivity index (χ1n) is 4.84. The number of benzene rings is 2. The summed E-state index contributed by atoms with van der Waals surface area (Å²) in [6, 6.07) is 19.4. The third kappa shape index (κ3) is 3.16. The van der Waals surface area contributed by atoms with E-state index >= 15 is 0 Å². The summed E-state index contributed by atoms with van der Waals surface area (Å²) in [5, 5.41) is 1.23. The van der Waals surface area contributed by atoms with E-state index in [9.17, 15) is 0 Å². The quantitative estimate of drug-likeness (QED) is 0.727. The molecule has 0 saturated carbocycles. The molecule has 0 heterocycles. The van der Waals surface area contributed by atoms with Gasteiger partial charge in [-0.2, -0.15) is 0 Å². The van der Waals surface area contributed by atoms with Gasteiger partial charge >= 0.3 is 94.6 Å². The van der Waals surface area contributed by atoms with Crippen LogP contribution in [0.25, 0.3) is 11.1 Å². The Morgan fingerprint density at radius 1 is 0.733 bits per heavy atom. The fraction of sp³-hybridized carbons (Fsp3) is 0.0769. The monoisotopic (exact) mass is 267 g/mol. The van der Waals surface area contributed by atoms with Gasteiger partial charge in [-0.25, -0.2) is 0 Å². The maximum atomic E-state index is 2.23. The zero-order valence-electron chi connectivity index (χ0n) is 8.52. The number of halogens is 1. The molecule has 0 N–H and O–H groups in total. The van der Waals surface area contributed by atoms with Gasteiger partial charge in [-0.05, 0) is 0 Å². The molecule has 0 aliphatic heterocycles. The minimum atomic E-state index is 0. The van der Waals surface area contributed by atoms with Gasteiger partial charge < -0.3 is 0 Å². The van der Waals surface area contributed by atoms with Crippen molar-refractivity contribution in [2.75, 3.05) is 0 Å². The molecular formula is C13H12ClZn. The molecule has 0 aliphatic carbocycles. The van der Waals surface area contributed by atoms with Crippen molar-refractivity contribution in [3.05, 3.63) is 60.2 Å². The molecule has 0 radical (unpaired) electrons. The Labute approximate surface area is 107 Å². The van der Waals surface area contributed by atoms with E-state index in [1.807, 2.05) is 0 Å². The van der Waals surface area contributed by atoms with Crippen LogP contribution < -0.4 is 0 Å². The van der Waals surface area contributed by atoms with E-state index in [1.54, 1.807) is 0 Å². The first-order valence-corrected chi connectivity index (χ1v) is 6.93. The van der Waals surface area contributed by atoms with E-state index in [1.165, 1.54) is 40.0 Å². The predicted molar refractivity (Wildman–Crippen MR) is 62.8 cm³/mol. The van der Waals surface area contributed by atoms with Crippen molar-refractivity contribution < 1.29 is 18.3 Å². The topological polar surface area (TPSA) is 0 Å². The van der Waals surface area contributed by atoms with Crippen molar-refractivity contribution in [1.82, 2.24) is 0 Å². The predicted octanol–water partition coefficient (Wildman–Crippen LogP) is 3.82.